The molecule has 1 atom stereocenters. The minimum Gasteiger partial charge on any atom is -0.369 e. The van der Waals surface area contributed by atoms with Crippen molar-refractivity contribution in [2.24, 2.45) is 5.73 Å². The van der Waals surface area contributed by atoms with Gasteiger partial charge in [-0.25, -0.2) is 0 Å². The molecular formula is C16H27N3. The van der Waals surface area contributed by atoms with Gasteiger partial charge < -0.3 is 10.6 Å². The highest BCUT2D eigenvalue weighted by Gasteiger charge is 2.21. The van der Waals surface area contributed by atoms with Crippen LogP contribution in [-0.2, 0) is 0 Å². The van der Waals surface area contributed by atoms with Gasteiger partial charge in [-0.05, 0) is 31.9 Å². The zero-order valence-corrected chi connectivity index (χ0v) is 12.5. The summed E-state index contributed by atoms with van der Waals surface area (Å²) in [5, 5.41) is 0. The number of para-hydroxylation sites is 1. The lowest BCUT2D eigenvalue weighted by molar-refractivity contribution is 0.209. The van der Waals surface area contributed by atoms with E-state index in [1.165, 1.54) is 11.3 Å². The first-order valence-corrected chi connectivity index (χ1v) is 7.47. The number of anilines is 1. The normalized spacial score (nSPS) is 18.9. The van der Waals surface area contributed by atoms with Crippen molar-refractivity contribution in [3.63, 3.8) is 0 Å². The molecule has 0 unspecified atom stereocenters. The molecule has 3 nitrogen and oxygen atoms in total. The molecule has 2 rings (SSSR count). The van der Waals surface area contributed by atoms with Gasteiger partial charge in [0.05, 0.1) is 0 Å². The Bertz CT molecular complexity index is 395. The van der Waals surface area contributed by atoms with Gasteiger partial charge in [0.25, 0.3) is 0 Å². The van der Waals surface area contributed by atoms with Crippen LogP contribution in [0.4, 0.5) is 5.69 Å². The summed E-state index contributed by atoms with van der Waals surface area (Å²) in [5.41, 5.74) is 8.87. The molecule has 2 N–H and O–H groups in total. The largest absolute Gasteiger partial charge is 0.369 e. The summed E-state index contributed by atoms with van der Waals surface area (Å²) in [5.74, 6) is 0. The molecule has 1 aliphatic rings. The van der Waals surface area contributed by atoms with Crippen molar-refractivity contribution in [3.05, 3.63) is 29.8 Å². The Morgan fingerprint density at radius 3 is 2.32 bits per heavy atom. The molecule has 3 heteroatoms. The summed E-state index contributed by atoms with van der Waals surface area (Å²) in [4.78, 5) is 5.03. The van der Waals surface area contributed by atoms with Gasteiger partial charge in [0.2, 0.25) is 0 Å². The Labute approximate surface area is 117 Å². The van der Waals surface area contributed by atoms with E-state index in [2.05, 4.69) is 54.8 Å². The molecule has 1 aliphatic heterocycles. The number of hydrogen-bond acceptors (Lipinski definition) is 3. The predicted molar refractivity (Wildman–Crippen MR) is 82.6 cm³/mol. The van der Waals surface area contributed by atoms with E-state index >= 15 is 0 Å². The maximum atomic E-state index is 6.24. The van der Waals surface area contributed by atoms with Gasteiger partial charge in [-0.15, -0.1) is 0 Å². The molecule has 0 radical (unpaired) electrons. The van der Waals surface area contributed by atoms with Crippen LogP contribution < -0.4 is 10.6 Å². The average molecular weight is 261 g/mol. The fraction of sp³-hybridized carbons (Fsp3) is 0.625. The van der Waals surface area contributed by atoms with Crippen molar-refractivity contribution in [1.29, 1.82) is 0 Å². The molecule has 0 bridgehead atoms. The number of nitrogens with zero attached hydrogens (tertiary/aromatic N) is 2. The van der Waals surface area contributed by atoms with Gasteiger partial charge in [0.1, 0.15) is 0 Å². The highest BCUT2D eigenvalue weighted by molar-refractivity contribution is 5.55. The van der Waals surface area contributed by atoms with E-state index in [0.29, 0.717) is 6.04 Å². The van der Waals surface area contributed by atoms with Crippen molar-refractivity contribution in [1.82, 2.24) is 4.90 Å². The van der Waals surface area contributed by atoms with Crippen molar-refractivity contribution in [2.45, 2.75) is 39.3 Å². The maximum Gasteiger partial charge on any atom is 0.0415 e. The fourth-order valence-corrected chi connectivity index (χ4v) is 2.79. The standard InChI is InChI=1S/C16H27N3/c1-4-15(17)14-7-5-6-8-16(14)19-11-9-18(10-12-19)13(2)3/h5-8,13,15H,4,9-12,17H2,1-3H3/t15-/m0/s1. The van der Waals surface area contributed by atoms with Crippen molar-refractivity contribution in [3.8, 4) is 0 Å². The van der Waals surface area contributed by atoms with Gasteiger partial charge in [-0.3, -0.25) is 4.90 Å². The van der Waals surface area contributed by atoms with E-state index in [-0.39, 0.29) is 6.04 Å². The molecule has 1 heterocycles. The van der Waals surface area contributed by atoms with Crippen LogP contribution >= 0.6 is 0 Å². The summed E-state index contributed by atoms with van der Waals surface area (Å²) in [6, 6.07) is 9.41. The first-order valence-electron chi connectivity index (χ1n) is 7.47. The van der Waals surface area contributed by atoms with E-state index < -0.39 is 0 Å². The molecule has 0 aliphatic carbocycles. The third-order valence-electron chi connectivity index (χ3n) is 4.16. The third-order valence-corrected chi connectivity index (χ3v) is 4.16. The second kappa shape index (κ2) is 6.40. The molecule has 0 aromatic heterocycles. The first-order chi connectivity index (χ1) is 9.13. The van der Waals surface area contributed by atoms with Crippen LogP contribution in [0.25, 0.3) is 0 Å². The lowest BCUT2D eigenvalue weighted by Crippen LogP contribution is -2.49. The Morgan fingerprint density at radius 2 is 1.74 bits per heavy atom. The van der Waals surface area contributed by atoms with Crippen molar-refractivity contribution in [2.75, 3.05) is 31.1 Å². The Hall–Kier alpha value is -1.06. The quantitative estimate of drug-likeness (QED) is 0.904. The second-order valence-electron chi connectivity index (χ2n) is 5.69. The summed E-state index contributed by atoms with van der Waals surface area (Å²) in [6.07, 6.45) is 0.989. The van der Waals surface area contributed by atoms with Crippen LogP contribution in [0.1, 0.15) is 38.8 Å². The van der Waals surface area contributed by atoms with E-state index in [9.17, 15) is 0 Å². The minimum atomic E-state index is 0.152. The summed E-state index contributed by atoms with van der Waals surface area (Å²) < 4.78 is 0. The minimum absolute atomic E-state index is 0.152. The van der Waals surface area contributed by atoms with Crippen LogP contribution in [-0.4, -0.2) is 37.1 Å². The average Bonchev–Trinajstić information content (AvgIpc) is 2.46. The van der Waals surface area contributed by atoms with Crippen LogP contribution in [0.5, 0.6) is 0 Å². The van der Waals surface area contributed by atoms with Crippen LogP contribution in [0.15, 0.2) is 24.3 Å². The fourth-order valence-electron chi connectivity index (χ4n) is 2.79. The van der Waals surface area contributed by atoms with Crippen LogP contribution in [0.3, 0.4) is 0 Å². The molecule has 1 saturated heterocycles. The first kappa shape index (κ1) is 14.4. The van der Waals surface area contributed by atoms with Gasteiger partial charge in [0, 0.05) is 44.0 Å². The smallest absolute Gasteiger partial charge is 0.0415 e. The van der Waals surface area contributed by atoms with E-state index in [4.69, 9.17) is 5.73 Å². The Morgan fingerprint density at radius 1 is 1.11 bits per heavy atom. The number of nitrogens with two attached hydrogens (primary N) is 1. The van der Waals surface area contributed by atoms with E-state index in [0.717, 1.165) is 32.6 Å². The summed E-state index contributed by atoms with van der Waals surface area (Å²) in [6.45, 7) is 11.2. The SMILES string of the molecule is CC[C@H](N)c1ccccc1N1CCN(C(C)C)CC1. The van der Waals surface area contributed by atoms with E-state index in [1.807, 2.05) is 0 Å². The molecule has 1 aromatic carbocycles. The molecule has 106 valence electrons. The van der Waals surface area contributed by atoms with Crippen molar-refractivity contribution < 1.29 is 0 Å². The second-order valence-corrected chi connectivity index (χ2v) is 5.69. The third kappa shape index (κ3) is 3.28. The van der Waals surface area contributed by atoms with Gasteiger partial charge in [-0.2, -0.15) is 0 Å². The molecule has 19 heavy (non-hydrogen) atoms. The molecule has 0 saturated carbocycles. The number of rotatable bonds is 4. The summed E-state index contributed by atoms with van der Waals surface area (Å²) >= 11 is 0. The molecular weight excluding hydrogens is 234 g/mol. The molecule has 1 fully saturated rings. The van der Waals surface area contributed by atoms with Gasteiger partial charge in [0.15, 0.2) is 0 Å². The lowest BCUT2D eigenvalue weighted by atomic mass is 10.0. The number of benzene rings is 1. The predicted octanol–water partition coefficient (Wildman–Crippen LogP) is 2.63. The molecule has 0 amide bonds. The summed E-state index contributed by atoms with van der Waals surface area (Å²) in [7, 11) is 0. The highest BCUT2D eigenvalue weighted by atomic mass is 15.3. The van der Waals surface area contributed by atoms with E-state index in [1.54, 1.807) is 0 Å². The Kier molecular flexibility index (Phi) is 4.83. The molecule has 1 aromatic rings. The highest BCUT2D eigenvalue weighted by Crippen LogP contribution is 2.27. The van der Waals surface area contributed by atoms with Crippen LogP contribution in [0, 0.1) is 0 Å². The van der Waals surface area contributed by atoms with Crippen molar-refractivity contribution >= 4 is 5.69 Å². The lowest BCUT2D eigenvalue weighted by Gasteiger charge is -2.39. The number of piperazine rings is 1. The molecule has 0 spiro atoms. The monoisotopic (exact) mass is 261 g/mol. The number of hydrogen-bond donors (Lipinski definition) is 1. The Balaban J connectivity index is 2.11. The van der Waals surface area contributed by atoms with Gasteiger partial charge in [-0.1, -0.05) is 25.1 Å². The zero-order valence-electron chi connectivity index (χ0n) is 12.5. The maximum absolute atomic E-state index is 6.24. The van der Waals surface area contributed by atoms with Crippen LogP contribution in [0.2, 0.25) is 0 Å². The zero-order chi connectivity index (χ0) is 13.8. The topological polar surface area (TPSA) is 32.5 Å². The van der Waals surface area contributed by atoms with Gasteiger partial charge >= 0.3 is 0 Å².